The molecule has 2 aromatic rings. The Labute approximate surface area is 140 Å². The molecule has 2 heterocycles. The molecular weight excluding hydrogens is 308 g/mol. The predicted octanol–water partition coefficient (Wildman–Crippen LogP) is 3.08. The van der Waals surface area contributed by atoms with E-state index >= 15 is 0 Å². The average Bonchev–Trinajstić information content (AvgIpc) is 2.62. The van der Waals surface area contributed by atoms with Crippen LogP contribution in [0.5, 0.6) is 5.75 Å². The Kier molecular flexibility index (Phi) is 4.79. The van der Waals surface area contributed by atoms with Gasteiger partial charge in [0.2, 0.25) is 5.82 Å². The molecule has 1 saturated heterocycles. The maximum atomic E-state index is 11.1. The molecule has 0 bridgehead atoms. The largest absolute Gasteiger partial charge is 0.497 e. The third-order valence-corrected chi connectivity index (χ3v) is 4.20. The van der Waals surface area contributed by atoms with E-state index in [9.17, 15) is 10.1 Å². The van der Waals surface area contributed by atoms with Gasteiger partial charge in [-0.05, 0) is 31.0 Å². The summed E-state index contributed by atoms with van der Waals surface area (Å²) in [4.78, 5) is 17.0. The summed E-state index contributed by atoms with van der Waals surface area (Å²) in [5.41, 5.74) is 1.09. The standard InChI is InChI=1S/C17H20N4O3/c1-24-15-5-2-4-14(12-15)19-13-7-10-20(11-8-13)17-16(21(22)23)6-3-9-18-17/h2-6,9,12-13,19H,7-8,10-11H2,1H3. The number of methoxy groups -OCH3 is 1. The van der Waals surface area contributed by atoms with Crippen LogP contribution in [0.25, 0.3) is 0 Å². The Morgan fingerprint density at radius 2 is 2.08 bits per heavy atom. The molecule has 0 amide bonds. The van der Waals surface area contributed by atoms with Crippen LogP contribution in [0.15, 0.2) is 42.6 Å². The van der Waals surface area contributed by atoms with Crippen molar-refractivity contribution in [3.63, 3.8) is 0 Å². The van der Waals surface area contributed by atoms with E-state index in [2.05, 4.69) is 10.3 Å². The van der Waals surface area contributed by atoms with Gasteiger partial charge in [0.05, 0.1) is 12.0 Å². The van der Waals surface area contributed by atoms with Crippen LogP contribution in [-0.4, -0.2) is 36.1 Å². The quantitative estimate of drug-likeness (QED) is 0.671. The van der Waals surface area contributed by atoms with Crippen LogP contribution in [-0.2, 0) is 0 Å². The molecule has 1 aromatic carbocycles. The van der Waals surface area contributed by atoms with Gasteiger partial charge in [0, 0.05) is 43.1 Å². The van der Waals surface area contributed by atoms with Crippen molar-refractivity contribution in [2.24, 2.45) is 0 Å². The van der Waals surface area contributed by atoms with E-state index in [4.69, 9.17) is 4.74 Å². The van der Waals surface area contributed by atoms with Crippen molar-refractivity contribution in [1.82, 2.24) is 4.98 Å². The highest BCUT2D eigenvalue weighted by Crippen LogP contribution is 2.28. The van der Waals surface area contributed by atoms with Crippen molar-refractivity contribution < 1.29 is 9.66 Å². The number of rotatable bonds is 5. The first-order chi connectivity index (χ1) is 11.7. The summed E-state index contributed by atoms with van der Waals surface area (Å²) in [6.45, 7) is 1.47. The highest BCUT2D eigenvalue weighted by Gasteiger charge is 2.25. The number of piperidine rings is 1. The van der Waals surface area contributed by atoms with Crippen molar-refractivity contribution >= 4 is 17.2 Å². The molecule has 7 heteroatoms. The lowest BCUT2D eigenvalue weighted by Crippen LogP contribution is -2.39. The number of hydrogen-bond acceptors (Lipinski definition) is 6. The number of nitrogens with zero attached hydrogens (tertiary/aromatic N) is 3. The van der Waals surface area contributed by atoms with Gasteiger partial charge in [0.25, 0.3) is 0 Å². The molecule has 0 atom stereocenters. The Hall–Kier alpha value is -2.83. The molecule has 0 radical (unpaired) electrons. The van der Waals surface area contributed by atoms with E-state index in [1.807, 2.05) is 29.2 Å². The maximum absolute atomic E-state index is 11.1. The summed E-state index contributed by atoms with van der Waals surface area (Å²) in [7, 11) is 1.65. The Morgan fingerprint density at radius 1 is 1.29 bits per heavy atom. The second kappa shape index (κ2) is 7.16. The van der Waals surface area contributed by atoms with E-state index < -0.39 is 0 Å². The Bertz CT molecular complexity index is 714. The lowest BCUT2D eigenvalue weighted by atomic mass is 10.0. The number of nitro groups is 1. The first kappa shape index (κ1) is 16.0. The van der Waals surface area contributed by atoms with Crippen LogP contribution in [0, 0.1) is 10.1 Å². The minimum absolute atomic E-state index is 0.0664. The summed E-state index contributed by atoms with van der Waals surface area (Å²) < 4.78 is 5.23. The van der Waals surface area contributed by atoms with Gasteiger partial charge in [-0.1, -0.05) is 6.07 Å². The monoisotopic (exact) mass is 328 g/mol. The lowest BCUT2D eigenvalue weighted by Gasteiger charge is -2.33. The lowest BCUT2D eigenvalue weighted by molar-refractivity contribution is -0.384. The van der Waals surface area contributed by atoms with Crippen LogP contribution in [0.2, 0.25) is 0 Å². The van der Waals surface area contributed by atoms with E-state index in [0.29, 0.717) is 11.9 Å². The normalized spacial score (nSPS) is 15.1. The fraction of sp³-hybridized carbons (Fsp3) is 0.353. The zero-order valence-corrected chi connectivity index (χ0v) is 13.5. The molecule has 1 aliphatic rings. The van der Waals surface area contributed by atoms with E-state index in [-0.39, 0.29) is 10.6 Å². The number of benzene rings is 1. The first-order valence-corrected chi connectivity index (χ1v) is 7.92. The number of anilines is 2. The fourth-order valence-electron chi connectivity index (χ4n) is 2.96. The zero-order chi connectivity index (χ0) is 16.9. The summed E-state index contributed by atoms with van der Waals surface area (Å²) in [5, 5.41) is 14.6. The van der Waals surface area contributed by atoms with E-state index in [0.717, 1.165) is 37.4 Å². The third-order valence-electron chi connectivity index (χ3n) is 4.20. The molecule has 1 aliphatic heterocycles. The van der Waals surface area contributed by atoms with Gasteiger partial charge in [0.1, 0.15) is 5.75 Å². The van der Waals surface area contributed by atoms with Crippen LogP contribution in [0.1, 0.15) is 12.8 Å². The number of ether oxygens (including phenoxy) is 1. The van der Waals surface area contributed by atoms with Crippen molar-refractivity contribution in [2.75, 3.05) is 30.4 Å². The van der Waals surface area contributed by atoms with Gasteiger partial charge in [-0.25, -0.2) is 4.98 Å². The maximum Gasteiger partial charge on any atom is 0.311 e. The molecule has 1 N–H and O–H groups in total. The number of aromatic nitrogens is 1. The van der Waals surface area contributed by atoms with Crippen molar-refractivity contribution in [1.29, 1.82) is 0 Å². The smallest absolute Gasteiger partial charge is 0.311 e. The molecule has 7 nitrogen and oxygen atoms in total. The molecular formula is C17H20N4O3. The summed E-state index contributed by atoms with van der Waals surface area (Å²) in [5.74, 6) is 1.28. The molecule has 0 unspecified atom stereocenters. The topological polar surface area (TPSA) is 80.5 Å². The van der Waals surface area contributed by atoms with Gasteiger partial charge < -0.3 is 15.0 Å². The second-order valence-corrected chi connectivity index (χ2v) is 5.74. The van der Waals surface area contributed by atoms with Gasteiger partial charge in [-0.2, -0.15) is 0 Å². The van der Waals surface area contributed by atoms with Crippen LogP contribution in [0.4, 0.5) is 17.2 Å². The van der Waals surface area contributed by atoms with E-state index in [1.165, 1.54) is 6.07 Å². The predicted molar refractivity (Wildman–Crippen MR) is 92.7 cm³/mol. The van der Waals surface area contributed by atoms with E-state index in [1.54, 1.807) is 19.4 Å². The Balaban J connectivity index is 1.63. The fourth-order valence-corrected chi connectivity index (χ4v) is 2.96. The van der Waals surface area contributed by atoms with Gasteiger partial charge in [0.15, 0.2) is 0 Å². The number of pyridine rings is 1. The molecule has 0 aliphatic carbocycles. The van der Waals surface area contributed by atoms with Gasteiger partial charge in [-0.3, -0.25) is 10.1 Å². The summed E-state index contributed by atoms with van der Waals surface area (Å²) in [6, 6.07) is 11.3. The van der Waals surface area contributed by atoms with Crippen LogP contribution < -0.4 is 15.0 Å². The molecule has 0 spiro atoms. The van der Waals surface area contributed by atoms with Gasteiger partial charge in [-0.15, -0.1) is 0 Å². The van der Waals surface area contributed by atoms with Crippen LogP contribution in [0.3, 0.4) is 0 Å². The van der Waals surface area contributed by atoms with Crippen molar-refractivity contribution in [2.45, 2.75) is 18.9 Å². The zero-order valence-electron chi connectivity index (χ0n) is 13.5. The van der Waals surface area contributed by atoms with Gasteiger partial charge >= 0.3 is 5.69 Å². The number of nitrogens with one attached hydrogen (secondary N) is 1. The minimum Gasteiger partial charge on any atom is -0.497 e. The molecule has 1 aromatic heterocycles. The summed E-state index contributed by atoms with van der Waals surface area (Å²) >= 11 is 0. The SMILES string of the molecule is COc1cccc(NC2CCN(c3ncccc3[N+](=O)[O-])CC2)c1. The molecule has 0 saturated carbocycles. The molecule has 3 rings (SSSR count). The van der Waals surface area contributed by atoms with Crippen LogP contribution >= 0.6 is 0 Å². The first-order valence-electron chi connectivity index (χ1n) is 7.92. The van der Waals surface area contributed by atoms with Crippen molar-refractivity contribution in [3.8, 4) is 5.75 Å². The molecule has 1 fully saturated rings. The number of hydrogen-bond donors (Lipinski definition) is 1. The summed E-state index contributed by atoms with van der Waals surface area (Å²) in [6.07, 6.45) is 3.39. The highest BCUT2D eigenvalue weighted by atomic mass is 16.6. The average molecular weight is 328 g/mol. The highest BCUT2D eigenvalue weighted by molar-refractivity contribution is 5.57. The third kappa shape index (κ3) is 3.56. The molecule has 24 heavy (non-hydrogen) atoms. The molecule has 126 valence electrons. The second-order valence-electron chi connectivity index (χ2n) is 5.74. The minimum atomic E-state index is -0.372. The van der Waals surface area contributed by atoms with Crippen molar-refractivity contribution in [3.05, 3.63) is 52.7 Å². The Morgan fingerprint density at radius 3 is 2.79 bits per heavy atom.